The van der Waals surface area contributed by atoms with E-state index in [1.165, 1.54) is 0 Å². The first kappa shape index (κ1) is 15.7. The van der Waals surface area contributed by atoms with E-state index in [1.54, 1.807) is 0 Å². The number of piperazine rings is 1. The highest BCUT2D eigenvalue weighted by molar-refractivity contribution is 5.94. The van der Waals surface area contributed by atoms with Crippen LogP contribution in [0.2, 0.25) is 0 Å². The zero-order valence-corrected chi connectivity index (χ0v) is 14.0. The Labute approximate surface area is 136 Å². The first-order valence-corrected chi connectivity index (χ1v) is 8.03. The lowest BCUT2D eigenvalue weighted by molar-refractivity contribution is 0.0617. The van der Waals surface area contributed by atoms with Crippen molar-refractivity contribution in [1.29, 1.82) is 0 Å². The number of hydrogen-bond acceptors (Lipinski definition) is 4. The molecule has 2 heterocycles. The van der Waals surface area contributed by atoms with Crippen molar-refractivity contribution in [2.75, 3.05) is 26.2 Å². The van der Waals surface area contributed by atoms with Gasteiger partial charge in [0, 0.05) is 37.8 Å². The predicted molar refractivity (Wildman–Crippen MR) is 88.3 cm³/mol. The minimum Gasteiger partial charge on any atom is -0.360 e. The number of amides is 1. The van der Waals surface area contributed by atoms with E-state index in [9.17, 15) is 4.79 Å². The summed E-state index contributed by atoms with van der Waals surface area (Å²) < 4.78 is 5.26. The first-order chi connectivity index (χ1) is 11.0. The zero-order valence-electron chi connectivity index (χ0n) is 14.0. The van der Waals surface area contributed by atoms with Gasteiger partial charge in [0.15, 0.2) is 5.76 Å². The van der Waals surface area contributed by atoms with Crippen LogP contribution in [0.5, 0.6) is 0 Å². The summed E-state index contributed by atoms with van der Waals surface area (Å²) in [5.41, 5.74) is 3.96. The Morgan fingerprint density at radius 3 is 2.26 bits per heavy atom. The zero-order chi connectivity index (χ0) is 16.4. The lowest BCUT2D eigenvalue weighted by Crippen LogP contribution is -2.48. The standard InChI is InChI=1S/C18H23N3O2/c1-13-8-14(2)10-16(9-13)18(22)21-6-4-20(5-7-21)12-17-11-15(3)19-23-17/h8-11H,4-7,12H2,1-3H3. The van der Waals surface area contributed by atoms with Crippen LogP contribution in [0, 0.1) is 20.8 Å². The fraction of sp³-hybridized carbons (Fsp3) is 0.444. The third kappa shape index (κ3) is 3.79. The van der Waals surface area contributed by atoms with Crippen LogP contribution in [0.25, 0.3) is 0 Å². The molecule has 2 aromatic rings. The maximum absolute atomic E-state index is 12.7. The molecule has 23 heavy (non-hydrogen) atoms. The van der Waals surface area contributed by atoms with Gasteiger partial charge in [-0.2, -0.15) is 0 Å². The van der Waals surface area contributed by atoms with E-state index >= 15 is 0 Å². The van der Waals surface area contributed by atoms with E-state index in [0.717, 1.165) is 60.9 Å². The van der Waals surface area contributed by atoms with Gasteiger partial charge in [0.25, 0.3) is 5.91 Å². The number of carbonyl (C=O) groups excluding carboxylic acids is 1. The van der Waals surface area contributed by atoms with Crippen LogP contribution in [-0.4, -0.2) is 47.0 Å². The number of nitrogens with zero attached hydrogens (tertiary/aromatic N) is 3. The molecule has 1 amide bonds. The maximum Gasteiger partial charge on any atom is 0.253 e. The third-order valence-electron chi connectivity index (χ3n) is 4.18. The molecule has 1 aromatic carbocycles. The van der Waals surface area contributed by atoms with Crippen molar-refractivity contribution in [1.82, 2.24) is 15.0 Å². The molecule has 122 valence electrons. The highest BCUT2D eigenvalue weighted by Crippen LogP contribution is 2.14. The minimum absolute atomic E-state index is 0.131. The average Bonchev–Trinajstić information content (AvgIpc) is 2.91. The molecular formula is C18H23N3O2. The van der Waals surface area contributed by atoms with Gasteiger partial charge in [-0.3, -0.25) is 9.69 Å². The second-order valence-electron chi connectivity index (χ2n) is 6.38. The summed E-state index contributed by atoms with van der Waals surface area (Å²) in [5, 5.41) is 3.92. The van der Waals surface area contributed by atoms with Crippen molar-refractivity contribution < 1.29 is 9.32 Å². The number of benzene rings is 1. The molecule has 1 aliphatic heterocycles. The quantitative estimate of drug-likeness (QED) is 0.874. The molecule has 0 N–H and O–H groups in total. The molecule has 0 bridgehead atoms. The van der Waals surface area contributed by atoms with E-state index in [0.29, 0.717) is 0 Å². The molecule has 0 aliphatic carbocycles. The molecule has 0 radical (unpaired) electrons. The fourth-order valence-corrected chi connectivity index (χ4v) is 3.10. The van der Waals surface area contributed by atoms with Crippen molar-refractivity contribution in [3.05, 3.63) is 52.4 Å². The second kappa shape index (κ2) is 6.54. The molecule has 5 heteroatoms. The fourth-order valence-electron chi connectivity index (χ4n) is 3.10. The SMILES string of the molecule is Cc1cc(C)cc(C(=O)N2CCN(Cc3cc(C)no3)CC2)c1. The molecule has 3 rings (SSSR count). The van der Waals surface area contributed by atoms with Crippen LogP contribution in [0.1, 0.15) is 32.9 Å². The van der Waals surface area contributed by atoms with Gasteiger partial charge in [-0.1, -0.05) is 22.3 Å². The average molecular weight is 313 g/mol. The number of rotatable bonds is 3. The summed E-state index contributed by atoms with van der Waals surface area (Å²) >= 11 is 0. The first-order valence-electron chi connectivity index (χ1n) is 8.03. The van der Waals surface area contributed by atoms with Crippen molar-refractivity contribution >= 4 is 5.91 Å². The van der Waals surface area contributed by atoms with E-state index < -0.39 is 0 Å². The molecule has 0 atom stereocenters. The Bertz CT molecular complexity index is 680. The highest BCUT2D eigenvalue weighted by atomic mass is 16.5. The lowest BCUT2D eigenvalue weighted by Gasteiger charge is -2.34. The van der Waals surface area contributed by atoms with Gasteiger partial charge < -0.3 is 9.42 Å². The van der Waals surface area contributed by atoms with Crippen LogP contribution in [-0.2, 0) is 6.54 Å². The van der Waals surface area contributed by atoms with Crippen molar-refractivity contribution in [3.8, 4) is 0 Å². The lowest BCUT2D eigenvalue weighted by atomic mass is 10.1. The van der Waals surface area contributed by atoms with Gasteiger partial charge in [0.1, 0.15) is 0 Å². The summed E-state index contributed by atoms with van der Waals surface area (Å²) in [5.74, 6) is 1.02. The van der Waals surface area contributed by atoms with E-state index in [2.05, 4.69) is 16.1 Å². The molecule has 0 saturated carbocycles. The summed E-state index contributed by atoms with van der Waals surface area (Å²) in [6.07, 6.45) is 0. The van der Waals surface area contributed by atoms with E-state index in [1.807, 2.05) is 43.9 Å². The molecular weight excluding hydrogens is 290 g/mol. The van der Waals surface area contributed by atoms with Crippen molar-refractivity contribution in [2.45, 2.75) is 27.3 Å². The van der Waals surface area contributed by atoms with Crippen molar-refractivity contribution in [2.24, 2.45) is 0 Å². The molecule has 5 nitrogen and oxygen atoms in total. The number of aryl methyl sites for hydroxylation is 3. The maximum atomic E-state index is 12.7. The van der Waals surface area contributed by atoms with E-state index in [-0.39, 0.29) is 5.91 Å². The molecule has 1 saturated heterocycles. The van der Waals surface area contributed by atoms with Gasteiger partial charge in [-0.05, 0) is 32.9 Å². The topological polar surface area (TPSA) is 49.6 Å². The number of carbonyl (C=O) groups is 1. The van der Waals surface area contributed by atoms with Gasteiger partial charge >= 0.3 is 0 Å². The van der Waals surface area contributed by atoms with Crippen LogP contribution in [0.3, 0.4) is 0 Å². The molecule has 1 fully saturated rings. The summed E-state index contributed by atoms with van der Waals surface area (Å²) in [6, 6.07) is 8.00. The molecule has 0 spiro atoms. The van der Waals surface area contributed by atoms with Gasteiger partial charge in [-0.25, -0.2) is 0 Å². The molecule has 0 unspecified atom stereocenters. The van der Waals surface area contributed by atoms with Crippen molar-refractivity contribution in [3.63, 3.8) is 0 Å². The number of aromatic nitrogens is 1. The van der Waals surface area contributed by atoms with Gasteiger partial charge in [0.05, 0.1) is 12.2 Å². The Hall–Kier alpha value is -2.14. The summed E-state index contributed by atoms with van der Waals surface area (Å²) in [7, 11) is 0. The Balaban J connectivity index is 1.58. The predicted octanol–water partition coefficient (Wildman–Crippen LogP) is 2.56. The van der Waals surface area contributed by atoms with Crippen LogP contribution in [0.4, 0.5) is 0 Å². The smallest absolute Gasteiger partial charge is 0.253 e. The normalized spacial score (nSPS) is 15.9. The van der Waals surface area contributed by atoms with Crippen LogP contribution >= 0.6 is 0 Å². The summed E-state index contributed by atoms with van der Waals surface area (Å²) in [4.78, 5) is 16.9. The Kier molecular flexibility index (Phi) is 4.48. The minimum atomic E-state index is 0.131. The second-order valence-corrected chi connectivity index (χ2v) is 6.38. The molecule has 1 aliphatic rings. The van der Waals surface area contributed by atoms with Gasteiger partial charge in [0.2, 0.25) is 0 Å². The summed E-state index contributed by atoms with van der Waals surface area (Å²) in [6.45, 7) is 9.95. The van der Waals surface area contributed by atoms with Gasteiger partial charge in [-0.15, -0.1) is 0 Å². The van der Waals surface area contributed by atoms with Crippen LogP contribution < -0.4 is 0 Å². The monoisotopic (exact) mass is 313 g/mol. The Morgan fingerprint density at radius 1 is 1.04 bits per heavy atom. The largest absolute Gasteiger partial charge is 0.360 e. The van der Waals surface area contributed by atoms with E-state index in [4.69, 9.17) is 4.52 Å². The highest BCUT2D eigenvalue weighted by Gasteiger charge is 2.23. The Morgan fingerprint density at radius 2 is 1.70 bits per heavy atom. The molecule has 1 aromatic heterocycles. The van der Waals surface area contributed by atoms with Crippen LogP contribution in [0.15, 0.2) is 28.8 Å². The number of hydrogen-bond donors (Lipinski definition) is 0. The third-order valence-corrected chi connectivity index (χ3v) is 4.18.